The normalized spacial score (nSPS) is 0. The molecule has 0 heterocycles. The number of halogens is 1. The summed E-state index contributed by atoms with van der Waals surface area (Å²) in [6.45, 7) is 0. The Bertz CT molecular complexity index is 8.00. The van der Waals surface area contributed by atoms with E-state index in [1.807, 2.05) is 0 Å². The van der Waals surface area contributed by atoms with Crippen LogP contribution in [0, 0.1) is 0 Å². The summed E-state index contributed by atoms with van der Waals surface area (Å²) < 4.78 is 0. The van der Waals surface area contributed by atoms with Crippen molar-refractivity contribution >= 4 is 0 Å². The van der Waals surface area contributed by atoms with E-state index >= 15 is 0 Å². The van der Waals surface area contributed by atoms with Crippen molar-refractivity contribution in [3.8, 4) is 0 Å². The molecule has 0 fully saturated rings. The Hall–Kier alpha value is 1.34. The summed E-state index contributed by atoms with van der Waals surface area (Å²) in [6.07, 6.45) is 0. The third-order valence-corrected chi connectivity index (χ3v) is 0. The number of rotatable bonds is 0. The van der Waals surface area contributed by atoms with Gasteiger partial charge in [-0.25, -0.2) is 0 Å². The molecule has 0 spiro atoms. The van der Waals surface area contributed by atoms with E-state index < -0.39 is 0 Å². The summed E-state index contributed by atoms with van der Waals surface area (Å²) in [4.78, 5) is 0. The van der Waals surface area contributed by atoms with Crippen LogP contribution in [0.1, 0.15) is 0 Å². The zero-order valence-corrected chi connectivity index (χ0v) is 5.52. The van der Waals surface area contributed by atoms with Gasteiger partial charge in [0.2, 0.25) is 0 Å². The molecule has 0 aliphatic carbocycles. The first-order valence-electron chi connectivity index (χ1n) is 0. The molecule has 0 atom stereocenters. The Morgan fingerprint density at radius 1 is 1.00 bits per heavy atom. The van der Waals surface area contributed by atoms with Gasteiger partial charge in [-0.15, -0.1) is 0 Å². The van der Waals surface area contributed by atoms with Crippen molar-refractivity contribution in [1.82, 2.24) is 0 Å². The molecule has 0 rings (SSSR count). The molecule has 0 unspecified atom stereocenters. The standard InChI is InChI=1S/FH.Nb.O.Ti/h1H;;;/q;+5;-2;+4. The van der Waals surface area contributed by atoms with Gasteiger partial charge in [-0.1, -0.05) is 0 Å². The van der Waals surface area contributed by atoms with Gasteiger partial charge < -0.3 is 5.48 Å². The molecule has 0 aliphatic rings. The summed E-state index contributed by atoms with van der Waals surface area (Å²) >= 11 is 0. The van der Waals surface area contributed by atoms with Gasteiger partial charge in [-0.2, -0.15) is 0 Å². The van der Waals surface area contributed by atoms with Crippen LogP contribution in [0.5, 0.6) is 0 Å². The van der Waals surface area contributed by atoms with E-state index in [9.17, 15) is 0 Å². The van der Waals surface area contributed by atoms with Crippen LogP contribution in [0.25, 0.3) is 0 Å². The largest absolute Gasteiger partial charge is 5.00 e. The first-order valence-corrected chi connectivity index (χ1v) is 0. The Balaban J connectivity index is 0. The molecule has 0 radical (unpaired) electrons. The Morgan fingerprint density at radius 3 is 1.00 bits per heavy atom. The van der Waals surface area contributed by atoms with E-state index in [0.29, 0.717) is 0 Å². The molecule has 0 saturated heterocycles. The van der Waals surface area contributed by atoms with Crippen molar-refractivity contribution in [3.05, 3.63) is 0 Å². The average Bonchev–Trinajstić information content (AvgIpc) is 0. The molecule has 0 aromatic carbocycles. The molecule has 4 heavy (non-hydrogen) atoms. The summed E-state index contributed by atoms with van der Waals surface area (Å²) in [7, 11) is 0. The van der Waals surface area contributed by atoms with Crippen LogP contribution in [0.4, 0.5) is 4.70 Å². The predicted molar refractivity (Wildman–Crippen MR) is 3.19 cm³/mol. The number of hydrogen-bond donors (Lipinski definition) is 0. The van der Waals surface area contributed by atoms with Crippen LogP contribution >= 0.6 is 0 Å². The minimum Gasteiger partial charge on any atom is -2.00 e. The summed E-state index contributed by atoms with van der Waals surface area (Å²) in [5.74, 6) is 0. The first-order chi connectivity index (χ1) is 0. The smallest absolute Gasteiger partial charge is 2.00 e. The van der Waals surface area contributed by atoms with E-state index in [2.05, 4.69) is 0 Å². The van der Waals surface area contributed by atoms with E-state index in [1.54, 1.807) is 0 Å². The molecule has 0 amide bonds. The van der Waals surface area contributed by atoms with Gasteiger partial charge in [0, 0.05) is 0 Å². The van der Waals surface area contributed by atoms with Gasteiger partial charge >= 0.3 is 44.1 Å². The molecule has 0 N–H and O–H groups in total. The van der Waals surface area contributed by atoms with Gasteiger partial charge in [0.05, 0.1) is 0 Å². The summed E-state index contributed by atoms with van der Waals surface area (Å²) in [5, 5.41) is 0. The Kier molecular flexibility index (Phi) is 375. The van der Waals surface area contributed by atoms with Gasteiger partial charge in [0.15, 0.2) is 0 Å². The maximum atomic E-state index is 0. The second-order valence-corrected chi connectivity index (χ2v) is 0. The van der Waals surface area contributed by atoms with Crippen molar-refractivity contribution in [2.24, 2.45) is 0 Å². The van der Waals surface area contributed by atoms with Gasteiger partial charge in [-0.3, -0.25) is 4.70 Å². The molecule has 0 bridgehead atoms. The van der Waals surface area contributed by atoms with Gasteiger partial charge in [0.1, 0.15) is 0 Å². The van der Waals surface area contributed by atoms with Crippen LogP contribution in [0.3, 0.4) is 0 Å². The molecule has 4 heteroatoms. The topological polar surface area (TPSA) is 28.5 Å². The second-order valence-electron chi connectivity index (χ2n) is 0. The molecule has 0 aromatic rings. The fourth-order valence-corrected chi connectivity index (χ4v) is 0. The molecular weight excluding hydrogens is 176 g/mol. The molecule has 16 valence electrons. The van der Waals surface area contributed by atoms with Crippen LogP contribution in [-0.4, -0.2) is 0 Å². The van der Waals surface area contributed by atoms with Crippen LogP contribution in [0.2, 0.25) is 0 Å². The monoisotopic (exact) mass is 177 g/mol. The van der Waals surface area contributed by atoms with Crippen molar-refractivity contribution in [3.63, 3.8) is 0 Å². The zero-order chi connectivity index (χ0) is 0. The van der Waals surface area contributed by atoms with E-state index in [0.717, 1.165) is 0 Å². The van der Waals surface area contributed by atoms with Crippen molar-refractivity contribution in [1.29, 1.82) is 0 Å². The second kappa shape index (κ2) is 26.9. The van der Waals surface area contributed by atoms with E-state index in [4.69, 9.17) is 0 Å². The van der Waals surface area contributed by atoms with E-state index in [-0.39, 0.29) is 54.3 Å². The van der Waals surface area contributed by atoms with Crippen LogP contribution in [-0.2, 0) is 49.6 Å². The Morgan fingerprint density at radius 2 is 1.00 bits per heavy atom. The van der Waals surface area contributed by atoms with Crippen molar-refractivity contribution in [2.45, 2.75) is 0 Å². The minimum atomic E-state index is 0. The minimum absolute atomic E-state index is 0. The SMILES string of the molecule is F.[Nb+5].[O-2].[Ti+4]. The third-order valence-electron chi connectivity index (χ3n) is 0. The fraction of sp³-hybridized carbons (Fsp3) is 0. The quantitative estimate of drug-likeness (QED) is 0.467. The number of hydrogen-bond acceptors (Lipinski definition) is 0. The maximum Gasteiger partial charge on any atom is 5.00 e. The molecule has 1 nitrogen and oxygen atoms in total. The van der Waals surface area contributed by atoms with Gasteiger partial charge in [-0.05, 0) is 0 Å². The summed E-state index contributed by atoms with van der Waals surface area (Å²) in [6, 6.07) is 0. The van der Waals surface area contributed by atoms with Crippen molar-refractivity contribution in [2.75, 3.05) is 0 Å². The molecule has 0 aromatic heterocycles. The molecular formula is HFNbOTi+7. The van der Waals surface area contributed by atoms with Crippen LogP contribution in [0.15, 0.2) is 0 Å². The van der Waals surface area contributed by atoms with E-state index in [1.165, 1.54) is 0 Å². The molecule has 0 saturated carbocycles. The average molecular weight is 177 g/mol. The third kappa shape index (κ3) is 10.2. The molecule has 0 aliphatic heterocycles. The van der Waals surface area contributed by atoms with Gasteiger partial charge in [0.25, 0.3) is 0 Å². The predicted octanol–water partition coefficient (Wildman–Crippen LogP) is 0.0287. The van der Waals surface area contributed by atoms with Crippen molar-refractivity contribution < 1.29 is 54.3 Å². The first kappa shape index (κ1) is 55.8. The summed E-state index contributed by atoms with van der Waals surface area (Å²) in [5.41, 5.74) is 0. The maximum absolute atomic E-state index is 0. The fourth-order valence-electron chi connectivity index (χ4n) is 0. The Labute approximate surface area is 54.2 Å². The van der Waals surface area contributed by atoms with Crippen LogP contribution < -0.4 is 0 Å². The zero-order valence-electron chi connectivity index (χ0n) is 1.76.